The van der Waals surface area contributed by atoms with Crippen LogP contribution in [0.5, 0.6) is 0 Å². The Hall–Kier alpha value is -3.81. The molecule has 17 heteroatoms. The predicted molar refractivity (Wildman–Crippen MR) is 179 cm³/mol. The van der Waals surface area contributed by atoms with Crippen molar-refractivity contribution in [3.05, 3.63) is 95.6 Å². The van der Waals surface area contributed by atoms with Crippen LogP contribution in [0.1, 0.15) is 11.1 Å². The predicted octanol–water partition coefficient (Wildman–Crippen LogP) is 3.17. The molecular weight excluding hydrogens is 657 g/mol. The maximum Gasteiger partial charge on any atom is 0.414 e. The van der Waals surface area contributed by atoms with Gasteiger partial charge in [0.2, 0.25) is 8.03 Å². The highest BCUT2D eigenvalue weighted by Gasteiger charge is 2.34. The fourth-order valence-electron chi connectivity index (χ4n) is 4.64. The summed E-state index contributed by atoms with van der Waals surface area (Å²) in [6.45, 7) is 1.37. The van der Waals surface area contributed by atoms with Gasteiger partial charge in [0, 0.05) is 36.2 Å². The number of hydrogen-bond donors (Lipinski definition) is 8. The van der Waals surface area contributed by atoms with Crippen LogP contribution in [-0.4, -0.2) is 57.0 Å². The number of ether oxygens (including phenoxy) is 1. The summed E-state index contributed by atoms with van der Waals surface area (Å²) in [5, 5.41) is 7.65. The first-order valence-electron chi connectivity index (χ1n) is 14.0. The van der Waals surface area contributed by atoms with Crippen LogP contribution in [0.15, 0.2) is 78.6 Å². The molecule has 246 valence electrons. The Morgan fingerprint density at radius 3 is 2.43 bits per heavy atom. The number of benzene rings is 3. The van der Waals surface area contributed by atoms with Crippen molar-refractivity contribution in [3.63, 3.8) is 0 Å². The lowest BCUT2D eigenvalue weighted by Gasteiger charge is -2.16. The summed E-state index contributed by atoms with van der Waals surface area (Å²) in [5.41, 5.74) is 15.0. The maximum absolute atomic E-state index is 15.2. The number of thiocarbonyl (C=S) groups is 1. The standard InChI is InChI=1S/C29H35FN6O7P2S/c30-26-12-23(9-10-25(26)20-5-1-19(2-6-20)14-33-15-21(32)13-31)36-17-24(43-29(36)37)16-34-28(46)35-22-7-3-18(4-8-22)11-27(44(38)39)45(40,41)42/h1-10,12-13,24,27,33,44H,11,14-17,31-32H2,(H,38,39)(H2,34,35,46)(H2,40,41,42)/b21-13-/t24-,27?/m0/s1. The molecule has 1 aliphatic rings. The zero-order valence-electron chi connectivity index (χ0n) is 24.4. The van der Waals surface area contributed by atoms with Gasteiger partial charge in [-0.25, -0.2) is 9.18 Å². The van der Waals surface area contributed by atoms with Crippen LogP contribution in [0.25, 0.3) is 11.1 Å². The van der Waals surface area contributed by atoms with Crippen molar-refractivity contribution in [2.45, 2.75) is 24.5 Å². The molecule has 3 aromatic carbocycles. The fraction of sp³-hybridized carbons (Fsp3) is 0.241. The average molecular weight is 693 g/mol. The summed E-state index contributed by atoms with van der Waals surface area (Å²) in [6, 6.07) is 18.3. The van der Waals surface area contributed by atoms with Crippen molar-refractivity contribution in [1.29, 1.82) is 0 Å². The molecule has 0 aliphatic carbocycles. The Kier molecular flexibility index (Phi) is 11.9. The summed E-state index contributed by atoms with van der Waals surface area (Å²) >= 11 is 5.32. The summed E-state index contributed by atoms with van der Waals surface area (Å²) in [5.74, 6) is -0.488. The monoisotopic (exact) mass is 692 g/mol. The molecule has 3 atom stereocenters. The molecular formula is C29H35FN6O7P2S. The molecule has 1 saturated heterocycles. The van der Waals surface area contributed by atoms with Gasteiger partial charge >= 0.3 is 13.7 Å². The van der Waals surface area contributed by atoms with Crippen LogP contribution in [0.4, 0.5) is 20.6 Å². The quantitative estimate of drug-likeness (QED) is 0.0957. The smallest absolute Gasteiger partial charge is 0.414 e. The Morgan fingerprint density at radius 1 is 1.15 bits per heavy atom. The van der Waals surface area contributed by atoms with Gasteiger partial charge in [-0.2, -0.15) is 0 Å². The number of amides is 1. The lowest BCUT2D eigenvalue weighted by atomic mass is 10.0. The lowest BCUT2D eigenvalue weighted by Crippen LogP contribution is -2.37. The van der Waals surface area contributed by atoms with E-state index < -0.39 is 39.0 Å². The summed E-state index contributed by atoms with van der Waals surface area (Å²) < 4.78 is 43.5. The molecule has 10 N–H and O–H groups in total. The van der Waals surface area contributed by atoms with E-state index in [2.05, 4.69) is 16.0 Å². The fourth-order valence-corrected chi connectivity index (χ4v) is 6.85. The van der Waals surface area contributed by atoms with E-state index in [9.17, 15) is 28.6 Å². The molecule has 1 fully saturated rings. The van der Waals surface area contributed by atoms with E-state index in [4.69, 9.17) is 28.4 Å². The first kappa shape index (κ1) is 35.1. The molecule has 0 aromatic heterocycles. The van der Waals surface area contributed by atoms with Crippen molar-refractivity contribution < 1.29 is 37.7 Å². The second kappa shape index (κ2) is 15.7. The van der Waals surface area contributed by atoms with Crippen LogP contribution in [-0.2, 0) is 26.8 Å². The van der Waals surface area contributed by atoms with Crippen molar-refractivity contribution in [3.8, 4) is 11.1 Å². The molecule has 3 aromatic rings. The van der Waals surface area contributed by atoms with E-state index in [1.807, 2.05) is 24.3 Å². The highest BCUT2D eigenvalue weighted by Crippen LogP contribution is 2.53. The van der Waals surface area contributed by atoms with Gasteiger partial charge in [-0.15, -0.1) is 0 Å². The van der Waals surface area contributed by atoms with Crippen LogP contribution in [0.2, 0.25) is 0 Å². The normalized spacial score (nSPS) is 16.5. The summed E-state index contributed by atoms with van der Waals surface area (Å²) in [7, 11) is -8.18. The lowest BCUT2D eigenvalue weighted by molar-refractivity contribution is 0.143. The molecule has 0 saturated carbocycles. The molecule has 1 aliphatic heterocycles. The van der Waals surface area contributed by atoms with Crippen LogP contribution < -0.4 is 32.3 Å². The van der Waals surface area contributed by atoms with Crippen molar-refractivity contribution in [1.82, 2.24) is 10.6 Å². The van der Waals surface area contributed by atoms with Gasteiger partial charge in [0.25, 0.3) is 0 Å². The van der Waals surface area contributed by atoms with Crippen LogP contribution >= 0.6 is 27.8 Å². The number of nitrogens with two attached hydrogens (primary N) is 2. The van der Waals surface area contributed by atoms with E-state index in [1.165, 1.54) is 17.2 Å². The highest BCUT2D eigenvalue weighted by molar-refractivity contribution is 7.80. The maximum atomic E-state index is 15.2. The number of anilines is 2. The van der Waals surface area contributed by atoms with Gasteiger partial charge < -0.3 is 46.8 Å². The summed E-state index contributed by atoms with van der Waals surface area (Å²) in [6.07, 6.45) is -0.101. The minimum Gasteiger partial charge on any atom is -0.442 e. The van der Waals surface area contributed by atoms with E-state index >= 15 is 4.39 Å². The van der Waals surface area contributed by atoms with Crippen molar-refractivity contribution in [2.75, 3.05) is 29.9 Å². The second-order valence-electron chi connectivity index (χ2n) is 10.5. The number of halogens is 1. The van der Waals surface area contributed by atoms with Gasteiger partial charge in [0.05, 0.1) is 18.8 Å². The third kappa shape index (κ3) is 9.60. The minimum atomic E-state index is -4.74. The zero-order chi connectivity index (χ0) is 33.4. The molecule has 4 rings (SSSR count). The molecule has 0 bridgehead atoms. The third-order valence-electron chi connectivity index (χ3n) is 7.10. The Balaban J connectivity index is 1.27. The van der Waals surface area contributed by atoms with E-state index in [-0.39, 0.29) is 24.6 Å². The molecule has 1 heterocycles. The first-order valence-corrected chi connectivity index (χ1v) is 17.5. The van der Waals surface area contributed by atoms with Gasteiger partial charge in [-0.05, 0) is 65.7 Å². The van der Waals surface area contributed by atoms with Crippen molar-refractivity contribution >= 4 is 50.4 Å². The minimum absolute atomic E-state index is 0.169. The number of rotatable bonds is 13. The average Bonchev–Trinajstić information content (AvgIpc) is 3.39. The van der Waals surface area contributed by atoms with Crippen LogP contribution in [0.3, 0.4) is 0 Å². The van der Waals surface area contributed by atoms with Gasteiger partial charge in [0.1, 0.15) is 17.3 Å². The number of carbonyl (C=O) groups excluding carboxylic acids is 1. The van der Waals surface area contributed by atoms with Gasteiger partial charge in [-0.1, -0.05) is 36.4 Å². The van der Waals surface area contributed by atoms with E-state index in [0.717, 1.165) is 5.56 Å². The third-order valence-corrected chi connectivity index (χ3v) is 10.8. The molecule has 46 heavy (non-hydrogen) atoms. The number of cyclic esters (lactones) is 1. The van der Waals surface area contributed by atoms with Gasteiger partial charge in [0.15, 0.2) is 5.11 Å². The molecule has 0 spiro atoms. The van der Waals surface area contributed by atoms with E-state index in [1.54, 1.807) is 36.4 Å². The number of carbonyl (C=O) groups is 1. The van der Waals surface area contributed by atoms with E-state index in [0.29, 0.717) is 46.9 Å². The number of nitrogens with one attached hydrogen (secondary N) is 3. The topological polar surface area (TPSA) is 212 Å². The molecule has 1 amide bonds. The van der Waals surface area contributed by atoms with Crippen LogP contribution in [0, 0.1) is 5.82 Å². The second-order valence-corrected chi connectivity index (χ2v) is 14.6. The Labute approximate surface area is 270 Å². The highest BCUT2D eigenvalue weighted by atomic mass is 32.1. The molecule has 13 nitrogen and oxygen atoms in total. The Morgan fingerprint density at radius 2 is 1.83 bits per heavy atom. The first-order chi connectivity index (χ1) is 21.8. The van der Waals surface area contributed by atoms with Crippen molar-refractivity contribution in [2.24, 2.45) is 11.5 Å². The number of hydrogen-bond acceptors (Lipinski definition) is 8. The largest absolute Gasteiger partial charge is 0.442 e. The van der Waals surface area contributed by atoms with Gasteiger partial charge in [-0.3, -0.25) is 14.0 Å². The number of nitrogens with zero attached hydrogens (tertiary/aromatic N) is 1. The zero-order valence-corrected chi connectivity index (χ0v) is 27.1. The Bertz CT molecular complexity index is 1660. The molecule has 0 radical (unpaired) electrons. The SMILES string of the molecule is N/C=C(\N)CNCc1ccc(-c2ccc(N3C[C@H](CNC(=S)Nc4ccc(CC([PH](=O)O)P(=O)(O)O)cc4)OC3=O)cc2F)cc1. The summed E-state index contributed by atoms with van der Waals surface area (Å²) in [4.78, 5) is 41.9. The molecule has 2 unspecified atom stereocenters.